The SMILES string of the molecule is CC1=C\C2=C[C@@H](CC[C@@H]3\C(=C\1)OCC3C)CO2. The van der Waals surface area contributed by atoms with Crippen LogP contribution in [-0.2, 0) is 9.47 Å². The molecule has 1 unspecified atom stereocenters. The van der Waals surface area contributed by atoms with Crippen LogP contribution in [0.2, 0.25) is 0 Å². The van der Waals surface area contributed by atoms with Crippen molar-refractivity contribution in [2.45, 2.75) is 26.7 Å². The van der Waals surface area contributed by atoms with Gasteiger partial charge in [0.1, 0.15) is 5.76 Å². The Bertz CT molecular complexity index is 403. The molecule has 2 heteroatoms. The maximum Gasteiger partial charge on any atom is 0.116 e. The van der Waals surface area contributed by atoms with Gasteiger partial charge in [0, 0.05) is 11.8 Å². The van der Waals surface area contributed by atoms with Gasteiger partial charge in [-0.25, -0.2) is 0 Å². The number of ether oxygens (including phenoxy) is 2. The zero-order valence-electron chi connectivity index (χ0n) is 10.6. The lowest BCUT2D eigenvalue weighted by atomic mass is 9.87. The first-order chi connectivity index (χ1) is 8.22. The molecule has 0 saturated carbocycles. The molecule has 0 amide bonds. The Labute approximate surface area is 103 Å². The molecule has 1 fully saturated rings. The van der Waals surface area contributed by atoms with E-state index in [9.17, 15) is 0 Å². The van der Waals surface area contributed by atoms with E-state index < -0.39 is 0 Å². The highest BCUT2D eigenvalue weighted by atomic mass is 16.5. The van der Waals surface area contributed by atoms with Crippen molar-refractivity contribution in [2.24, 2.45) is 17.8 Å². The van der Waals surface area contributed by atoms with Crippen molar-refractivity contribution < 1.29 is 9.47 Å². The first kappa shape index (κ1) is 10.9. The van der Waals surface area contributed by atoms with E-state index in [1.165, 1.54) is 24.2 Å². The third kappa shape index (κ3) is 2.13. The Kier molecular flexibility index (Phi) is 2.73. The molecule has 2 aliphatic heterocycles. The van der Waals surface area contributed by atoms with Crippen LogP contribution < -0.4 is 0 Å². The Morgan fingerprint density at radius 1 is 1.12 bits per heavy atom. The van der Waals surface area contributed by atoms with Gasteiger partial charge in [-0.2, -0.15) is 0 Å². The van der Waals surface area contributed by atoms with Crippen molar-refractivity contribution in [1.82, 2.24) is 0 Å². The summed E-state index contributed by atoms with van der Waals surface area (Å²) in [6.07, 6.45) is 9.03. The van der Waals surface area contributed by atoms with Crippen LogP contribution in [0, 0.1) is 17.8 Å². The third-order valence-corrected chi connectivity index (χ3v) is 4.02. The molecule has 0 spiro atoms. The first-order valence-corrected chi connectivity index (χ1v) is 6.59. The summed E-state index contributed by atoms with van der Waals surface area (Å²) in [5.41, 5.74) is 1.23. The molecular formula is C15H20O2. The number of hydrogen-bond acceptors (Lipinski definition) is 2. The highest BCUT2D eigenvalue weighted by molar-refractivity contribution is 5.30. The van der Waals surface area contributed by atoms with E-state index in [2.05, 4.69) is 32.1 Å². The van der Waals surface area contributed by atoms with Crippen LogP contribution >= 0.6 is 0 Å². The van der Waals surface area contributed by atoms with Gasteiger partial charge in [-0.3, -0.25) is 0 Å². The highest BCUT2D eigenvalue weighted by Gasteiger charge is 2.31. The molecule has 0 radical (unpaired) electrons. The van der Waals surface area contributed by atoms with Gasteiger partial charge in [-0.05, 0) is 49.5 Å². The molecule has 3 aliphatic rings. The average molecular weight is 232 g/mol. The molecule has 92 valence electrons. The largest absolute Gasteiger partial charge is 0.497 e. The average Bonchev–Trinajstić information content (AvgIpc) is 2.84. The van der Waals surface area contributed by atoms with E-state index in [0.29, 0.717) is 17.8 Å². The lowest BCUT2D eigenvalue weighted by Gasteiger charge is -2.15. The molecule has 2 bridgehead atoms. The topological polar surface area (TPSA) is 18.5 Å². The lowest BCUT2D eigenvalue weighted by Crippen LogP contribution is -2.10. The normalized spacial score (nSPS) is 42.2. The fraction of sp³-hybridized carbons (Fsp3) is 0.600. The second-order valence-corrected chi connectivity index (χ2v) is 5.55. The minimum atomic E-state index is 0.598. The summed E-state index contributed by atoms with van der Waals surface area (Å²) in [6.45, 7) is 6.15. The molecule has 0 aromatic carbocycles. The van der Waals surface area contributed by atoms with Crippen molar-refractivity contribution in [1.29, 1.82) is 0 Å². The fourth-order valence-electron chi connectivity index (χ4n) is 2.98. The molecule has 2 heterocycles. The molecule has 1 saturated heterocycles. The van der Waals surface area contributed by atoms with Crippen molar-refractivity contribution >= 4 is 0 Å². The second-order valence-electron chi connectivity index (χ2n) is 5.55. The minimum Gasteiger partial charge on any atom is -0.497 e. The van der Waals surface area contributed by atoms with Crippen molar-refractivity contribution in [3.05, 3.63) is 35.3 Å². The van der Waals surface area contributed by atoms with E-state index in [-0.39, 0.29) is 0 Å². The van der Waals surface area contributed by atoms with Crippen LogP contribution in [-0.4, -0.2) is 13.2 Å². The van der Waals surface area contributed by atoms with Crippen LogP contribution in [0.4, 0.5) is 0 Å². The van der Waals surface area contributed by atoms with E-state index in [0.717, 1.165) is 19.0 Å². The monoisotopic (exact) mass is 232 g/mol. The molecule has 0 aromatic rings. The second kappa shape index (κ2) is 4.25. The van der Waals surface area contributed by atoms with Crippen LogP contribution in [0.5, 0.6) is 0 Å². The molecule has 3 rings (SSSR count). The van der Waals surface area contributed by atoms with Crippen LogP contribution in [0.1, 0.15) is 26.7 Å². The predicted molar refractivity (Wildman–Crippen MR) is 67.2 cm³/mol. The van der Waals surface area contributed by atoms with Crippen LogP contribution in [0.3, 0.4) is 0 Å². The van der Waals surface area contributed by atoms with Crippen LogP contribution in [0.15, 0.2) is 35.3 Å². The minimum absolute atomic E-state index is 0.598. The number of rotatable bonds is 0. The number of allylic oxidation sites excluding steroid dienone is 4. The van der Waals surface area contributed by atoms with Crippen molar-refractivity contribution in [2.75, 3.05) is 13.2 Å². The van der Waals surface area contributed by atoms with E-state index in [4.69, 9.17) is 9.47 Å². The Hall–Kier alpha value is -1.18. The van der Waals surface area contributed by atoms with Crippen LogP contribution in [0.25, 0.3) is 0 Å². The molecular weight excluding hydrogens is 212 g/mol. The van der Waals surface area contributed by atoms with Crippen molar-refractivity contribution in [3.63, 3.8) is 0 Å². The molecule has 0 N–H and O–H groups in total. The van der Waals surface area contributed by atoms with E-state index in [1.54, 1.807) is 0 Å². The summed E-state index contributed by atoms with van der Waals surface area (Å²) in [4.78, 5) is 0. The van der Waals surface area contributed by atoms with E-state index >= 15 is 0 Å². The smallest absolute Gasteiger partial charge is 0.116 e. The number of hydrogen-bond donors (Lipinski definition) is 0. The maximum atomic E-state index is 5.82. The summed E-state index contributed by atoms with van der Waals surface area (Å²) in [6, 6.07) is 0. The summed E-state index contributed by atoms with van der Waals surface area (Å²) in [7, 11) is 0. The van der Waals surface area contributed by atoms with Gasteiger partial charge in [-0.15, -0.1) is 0 Å². The van der Waals surface area contributed by atoms with Gasteiger partial charge in [0.25, 0.3) is 0 Å². The van der Waals surface area contributed by atoms with Gasteiger partial charge in [-0.1, -0.05) is 6.92 Å². The van der Waals surface area contributed by atoms with E-state index in [1.807, 2.05) is 0 Å². The molecule has 17 heavy (non-hydrogen) atoms. The molecule has 0 aromatic heterocycles. The molecule has 2 nitrogen and oxygen atoms in total. The lowest BCUT2D eigenvalue weighted by molar-refractivity contribution is 0.220. The zero-order valence-corrected chi connectivity index (χ0v) is 10.6. The van der Waals surface area contributed by atoms with Crippen molar-refractivity contribution in [3.8, 4) is 0 Å². The van der Waals surface area contributed by atoms with Gasteiger partial charge in [0.05, 0.1) is 19.0 Å². The summed E-state index contributed by atoms with van der Waals surface area (Å²) in [5.74, 6) is 4.08. The fourth-order valence-corrected chi connectivity index (χ4v) is 2.98. The first-order valence-electron chi connectivity index (χ1n) is 6.59. The highest BCUT2D eigenvalue weighted by Crippen LogP contribution is 2.37. The standard InChI is InChI=1S/C15H20O2/c1-10-5-13-7-12(9-16-13)3-4-14-11(2)8-17-15(14)6-10/h5-7,11-12,14H,3-4,8-9H2,1-2H3/b10-5+,15-6-/t11?,12-,14+/m1/s1. The molecule has 3 atom stereocenters. The Morgan fingerprint density at radius 2 is 2.00 bits per heavy atom. The van der Waals surface area contributed by atoms with Gasteiger partial charge in [0.2, 0.25) is 0 Å². The van der Waals surface area contributed by atoms with Gasteiger partial charge in [0.15, 0.2) is 0 Å². The van der Waals surface area contributed by atoms with Gasteiger partial charge >= 0.3 is 0 Å². The van der Waals surface area contributed by atoms with Gasteiger partial charge < -0.3 is 9.47 Å². The third-order valence-electron chi connectivity index (χ3n) is 4.02. The summed E-state index contributed by atoms with van der Waals surface area (Å²) in [5, 5.41) is 0. The number of fused-ring (bicyclic) bond motifs is 2. The summed E-state index contributed by atoms with van der Waals surface area (Å²) < 4.78 is 11.5. The maximum absolute atomic E-state index is 5.82. The Balaban J connectivity index is 1.92. The Morgan fingerprint density at radius 3 is 2.88 bits per heavy atom. The predicted octanol–water partition coefficient (Wildman–Crippen LogP) is 3.42. The summed E-state index contributed by atoms with van der Waals surface area (Å²) >= 11 is 0. The quantitative estimate of drug-likeness (QED) is 0.637. The zero-order chi connectivity index (χ0) is 11.8. The molecule has 1 aliphatic carbocycles.